The Morgan fingerprint density at radius 2 is 1.95 bits per heavy atom. The molecule has 0 aromatic rings. The van der Waals surface area contributed by atoms with Crippen LogP contribution >= 0.6 is 11.8 Å². The second-order valence-electron chi connectivity index (χ2n) is 6.48. The van der Waals surface area contributed by atoms with Gasteiger partial charge in [0.15, 0.2) is 0 Å². The highest BCUT2D eigenvalue weighted by atomic mass is 32.2. The number of thioether (sulfide) groups is 1. The molecule has 0 aromatic carbocycles. The number of amides is 2. The summed E-state index contributed by atoms with van der Waals surface area (Å²) in [7, 11) is 0. The van der Waals surface area contributed by atoms with Crippen molar-refractivity contribution in [2.45, 2.75) is 63.3 Å². The molecule has 0 bridgehead atoms. The molecule has 2 amide bonds. The molecule has 2 atom stereocenters. The molecule has 1 heterocycles. The largest absolute Gasteiger partial charge is 0.343 e. The number of nitrogens with one attached hydrogen (secondary N) is 1. The Morgan fingerprint density at radius 1 is 1.35 bits per heavy atom. The molecule has 1 saturated carbocycles. The van der Waals surface area contributed by atoms with Crippen molar-refractivity contribution in [1.82, 2.24) is 10.2 Å². The number of nitrogens with zero attached hydrogens (tertiary/aromatic N) is 1. The summed E-state index contributed by atoms with van der Waals surface area (Å²) in [5, 5.41) is 2.81. The fourth-order valence-electron chi connectivity index (χ4n) is 3.48. The molecule has 4 nitrogen and oxygen atoms in total. The lowest BCUT2D eigenvalue weighted by atomic mass is 9.95. The molecule has 1 N–H and O–H groups in total. The number of hydrogen-bond acceptors (Lipinski definition) is 3. The van der Waals surface area contributed by atoms with Gasteiger partial charge in [0.1, 0.15) is 12.1 Å². The molecule has 1 aliphatic heterocycles. The average molecular weight is 298 g/mol. The van der Waals surface area contributed by atoms with Crippen molar-refractivity contribution in [3.8, 4) is 0 Å². The van der Waals surface area contributed by atoms with Gasteiger partial charge < -0.3 is 10.2 Å². The minimum atomic E-state index is -0.391. The summed E-state index contributed by atoms with van der Waals surface area (Å²) in [6, 6.07) is -0.707. The van der Waals surface area contributed by atoms with Gasteiger partial charge in [-0.3, -0.25) is 9.59 Å². The van der Waals surface area contributed by atoms with Crippen molar-refractivity contribution in [2.24, 2.45) is 5.92 Å². The van der Waals surface area contributed by atoms with Crippen LogP contribution in [0.15, 0.2) is 0 Å². The molecule has 2 unspecified atom stereocenters. The third kappa shape index (κ3) is 2.83. The van der Waals surface area contributed by atoms with Gasteiger partial charge in [-0.05, 0) is 31.9 Å². The van der Waals surface area contributed by atoms with Gasteiger partial charge in [0.2, 0.25) is 11.8 Å². The summed E-state index contributed by atoms with van der Waals surface area (Å²) in [6.45, 7) is 6.53. The number of hydrogen-bond donors (Lipinski definition) is 1. The highest BCUT2D eigenvalue weighted by molar-refractivity contribution is 8.00. The van der Waals surface area contributed by atoms with Gasteiger partial charge in [-0.2, -0.15) is 11.8 Å². The number of piperazine rings is 1. The van der Waals surface area contributed by atoms with Crippen LogP contribution in [0.3, 0.4) is 0 Å². The van der Waals surface area contributed by atoms with E-state index in [-0.39, 0.29) is 28.5 Å². The van der Waals surface area contributed by atoms with Crippen LogP contribution in [0.2, 0.25) is 0 Å². The third-order valence-corrected chi connectivity index (χ3v) is 6.06. The van der Waals surface area contributed by atoms with Crippen LogP contribution in [-0.2, 0) is 9.59 Å². The summed E-state index contributed by atoms with van der Waals surface area (Å²) >= 11 is 1.87. The van der Waals surface area contributed by atoms with Crippen molar-refractivity contribution >= 4 is 23.6 Å². The number of rotatable bonds is 4. The minimum Gasteiger partial charge on any atom is -0.343 e. The monoisotopic (exact) mass is 298 g/mol. The maximum atomic E-state index is 12.5. The maximum Gasteiger partial charge on any atom is 0.245 e. The molecular weight excluding hydrogens is 272 g/mol. The first kappa shape index (κ1) is 15.7. The van der Waals surface area contributed by atoms with Crippen LogP contribution in [0.25, 0.3) is 0 Å². The van der Waals surface area contributed by atoms with E-state index in [2.05, 4.69) is 11.6 Å². The van der Waals surface area contributed by atoms with Gasteiger partial charge in [-0.15, -0.1) is 0 Å². The second kappa shape index (κ2) is 5.96. The van der Waals surface area contributed by atoms with E-state index in [1.54, 1.807) is 6.92 Å². The van der Waals surface area contributed by atoms with Crippen LogP contribution in [0.1, 0.15) is 46.5 Å². The lowest BCUT2D eigenvalue weighted by Gasteiger charge is -2.44. The molecule has 20 heavy (non-hydrogen) atoms. The molecule has 1 aliphatic carbocycles. The summed E-state index contributed by atoms with van der Waals surface area (Å²) in [5.41, 5.74) is 0. The molecule has 1 saturated heterocycles. The first-order chi connectivity index (χ1) is 9.40. The normalized spacial score (nSPS) is 29.9. The van der Waals surface area contributed by atoms with E-state index >= 15 is 0 Å². The van der Waals surface area contributed by atoms with E-state index < -0.39 is 6.04 Å². The summed E-state index contributed by atoms with van der Waals surface area (Å²) in [4.78, 5) is 26.6. The SMILES string of the molecule is CSC1(CN2C(=O)C(C)NC(=O)C2C(C)C)CCCC1. The molecule has 114 valence electrons. The first-order valence-corrected chi connectivity index (χ1v) is 8.79. The molecule has 2 fully saturated rings. The Kier molecular flexibility index (Phi) is 4.67. The van der Waals surface area contributed by atoms with E-state index in [9.17, 15) is 9.59 Å². The summed E-state index contributed by atoms with van der Waals surface area (Å²) in [5.74, 6) is 0.219. The third-order valence-electron chi connectivity index (χ3n) is 4.65. The zero-order valence-electron chi connectivity index (χ0n) is 12.9. The highest BCUT2D eigenvalue weighted by Crippen LogP contribution is 2.41. The molecule has 0 aromatic heterocycles. The Bertz CT molecular complexity index is 391. The minimum absolute atomic E-state index is 0.00125. The Balaban J connectivity index is 2.23. The Hall–Kier alpha value is -0.710. The van der Waals surface area contributed by atoms with E-state index in [1.165, 1.54) is 12.8 Å². The summed E-state index contributed by atoms with van der Waals surface area (Å²) in [6.07, 6.45) is 6.90. The lowest BCUT2D eigenvalue weighted by Crippen LogP contribution is -2.65. The van der Waals surface area contributed by atoms with E-state index in [0.29, 0.717) is 6.54 Å². The van der Waals surface area contributed by atoms with Gasteiger partial charge in [0.05, 0.1) is 0 Å². The zero-order chi connectivity index (χ0) is 14.9. The standard InChI is InChI=1S/C15H26N2O2S/c1-10(2)12-13(18)16-11(3)14(19)17(12)9-15(20-4)7-5-6-8-15/h10-12H,5-9H2,1-4H3,(H,16,18). The van der Waals surface area contributed by atoms with Crippen molar-refractivity contribution in [2.75, 3.05) is 12.8 Å². The van der Waals surface area contributed by atoms with Crippen LogP contribution in [-0.4, -0.2) is 46.3 Å². The van der Waals surface area contributed by atoms with Crippen LogP contribution in [0, 0.1) is 5.92 Å². The molecule has 0 radical (unpaired) electrons. The van der Waals surface area contributed by atoms with Crippen molar-refractivity contribution in [3.63, 3.8) is 0 Å². The quantitative estimate of drug-likeness (QED) is 0.864. The fourth-order valence-corrected chi connectivity index (χ4v) is 4.45. The molecular formula is C15H26N2O2S. The van der Waals surface area contributed by atoms with Crippen molar-refractivity contribution in [3.05, 3.63) is 0 Å². The van der Waals surface area contributed by atoms with E-state index in [4.69, 9.17) is 0 Å². The zero-order valence-corrected chi connectivity index (χ0v) is 13.8. The molecule has 2 aliphatic rings. The Morgan fingerprint density at radius 3 is 2.45 bits per heavy atom. The second-order valence-corrected chi connectivity index (χ2v) is 7.75. The van der Waals surface area contributed by atoms with Gasteiger partial charge in [-0.25, -0.2) is 0 Å². The smallest absolute Gasteiger partial charge is 0.245 e. The van der Waals surface area contributed by atoms with Crippen LogP contribution in [0.4, 0.5) is 0 Å². The maximum absolute atomic E-state index is 12.5. The topological polar surface area (TPSA) is 49.4 Å². The van der Waals surface area contributed by atoms with Crippen LogP contribution < -0.4 is 5.32 Å². The van der Waals surface area contributed by atoms with Crippen molar-refractivity contribution in [1.29, 1.82) is 0 Å². The first-order valence-electron chi connectivity index (χ1n) is 7.56. The van der Waals surface area contributed by atoms with E-state index in [1.807, 2.05) is 30.5 Å². The lowest BCUT2D eigenvalue weighted by molar-refractivity contribution is -0.151. The van der Waals surface area contributed by atoms with E-state index in [0.717, 1.165) is 12.8 Å². The van der Waals surface area contributed by atoms with Gasteiger partial charge in [0.25, 0.3) is 0 Å². The summed E-state index contributed by atoms with van der Waals surface area (Å²) < 4.78 is 0.153. The fraction of sp³-hybridized carbons (Fsp3) is 0.867. The molecule has 2 rings (SSSR count). The van der Waals surface area contributed by atoms with Gasteiger partial charge >= 0.3 is 0 Å². The predicted molar refractivity (Wildman–Crippen MR) is 82.7 cm³/mol. The Labute approximate surface area is 126 Å². The molecule has 5 heteroatoms. The molecule has 0 spiro atoms. The van der Waals surface area contributed by atoms with Crippen molar-refractivity contribution < 1.29 is 9.59 Å². The number of carbonyl (C=O) groups excluding carboxylic acids is 2. The average Bonchev–Trinajstić information content (AvgIpc) is 2.84. The number of carbonyl (C=O) groups is 2. The predicted octanol–water partition coefficient (Wildman–Crippen LogP) is 2.03. The highest BCUT2D eigenvalue weighted by Gasteiger charge is 2.45. The van der Waals surface area contributed by atoms with Gasteiger partial charge in [0, 0.05) is 11.3 Å². The van der Waals surface area contributed by atoms with Gasteiger partial charge in [-0.1, -0.05) is 26.7 Å². The van der Waals surface area contributed by atoms with Crippen LogP contribution in [0.5, 0.6) is 0 Å².